The second-order valence-corrected chi connectivity index (χ2v) is 5.25. The van der Waals surface area contributed by atoms with Gasteiger partial charge in [0.05, 0.1) is 6.61 Å². The Morgan fingerprint density at radius 3 is 2.84 bits per heavy atom. The lowest BCUT2D eigenvalue weighted by Crippen LogP contribution is -2.17. The highest BCUT2D eigenvalue weighted by Gasteiger charge is 2.11. The lowest BCUT2D eigenvalue weighted by atomic mass is 10.1. The molecule has 0 amide bonds. The summed E-state index contributed by atoms with van der Waals surface area (Å²) in [4.78, 5) is 11.5. The van der Waals surface area contributed by atoms with Gasteiger partial charge in [-0.05, 0) is 31.5 Å². The molecule has 4 nitrogen and oxygen atoms in total. The largest absolute Gasteiger partial charge is 0.482 e. The highest BCUT2D eigenvalue weighted by molar-refractivity contribution is 9.10. The molecule has 0 aliphatic carbocycles. The Kier molecular flexibility index (Phi) is 6.87. The van der Waals surface area contributed by atoms with Crippen molar-refractivity contribution in [3.8, 4) is 5.75 Å². The molecule has 5 heteroatoms. The Morgan fingerprint density at radius 2 is 2.21 bits per heavy atom. The lowest BCUT2D eigenvalue weighted by Gasteiger charge is -2.14. The molecule has 19 heavy (non-hydrogen) atoms. The first kappa shape index (κ1) is 16.0. The van der Waals surface area contributed by atoms with E-state index < -0.39 is 0 Å². The summed E-state index contributed by atoms with van der Waals surface area (Å²) >= 11 is 3.38. The molecule has 0 heterocycles. The fraction of sp³-hybridized carbons (Fsp3) is 0.500. The fourth-order valence-electron chi connectivity index (χ4n) is 1.52. The van der Waals surface area contributed by atoms with E-state index in [-0.39, 0.29) is 18.6 Å². The molecule has 0 unspecified atom stereocenters. The van der Waals surface area contributed by atoms with Crippen LogP contribution in [0.2, 0.25) is 0 Å². The topological polar surface area (TPSA) is 61.5 Å². The fourth-order valence-corrected chi connectivity index (χ4v) is 1.89. The molecular formula is C14H20BrNO3. The van der Waals surface area contributed by atoms with Crippen LogP contribution < -0.4 is 10.5 Å². The number of benzene rings is 1. The van der Waals surface area contributed by atoms with Crippen LogP contribution in [-0.2, 0) is 9.53 Å². The molecule has 1 rings (SSSR count). The van der Waals surface area contributed by atoms with Crippen LogP contribution in [0.15, 0.2) is 22.7 Å². The Balaban J connectivity index is 2.55. The number of unbranched alkanes of at least 4 members (excludes halogenated alkanes) is 1. The summed E-state index contributed by atoms with van der Waals surface area (Å²) in [6.07, 6.45) is 1.87. The maximum absolute atomic E-state index is 11.5. The van der Waals surface area contributed by atoms with Crippen molar-refractivity contribution >= 4 is 21.9 Å². The van der Waals surface area contributed by atoms with Crippen LogP contribution in [0.4, 0.5) is 0 Å². The van der Waals surface area contributed by atoms with E-state index >= 15 is 0 Å². The Bertz CT molecular complexity index is 421. The number of hydrogen-bond acceptors (Lipinski definition) is 4. The van der Waals surface area contributed by atoms with Gasteiger partial charge in [-0.1, -0.05) is 29.3 Å². The number of carbonyl (C=O) groups excluding carboxylic acids is 1. The molecule has 0 radical (unpaired) electrons. The average Bonchev–Trinajstić information content (AvgIpc) is 2.37. The first-order valence-corrected chi connectivity index (χ1v) is 7.17. The summed E-state index contributed by atoms with van der Waals surface area (Å²) < 4.78 is 11.4. The lowest BCUT2D eigenvalue weighted by molar-refractivity contribution is -0.146. The van der Waals surface area contributed by atoms with Crippen molar-refractivity contribution in [1.82, 2.24) is 0 Å². The standard InChI is InChI=1S/C14H20BrNO3/c1-3-4-7-18-14(17)9-19-13-6-5-11(15)8-12(13)10(2)16/h5-6,8,10H,3-4,7,9,16H2,1-2H3/t10-/m0/s1. The summed E-state index contributed by atoms with van der Waals surface area (Å²) in [5, 5.41) is 0. The third kappa shape index (κ3) is 5.61. The summed E-state index contributed by atoms with van der Waals surface area (Å²) in [7, 11) is 0. The minimum atomic E-state index is -0.355. The predicted molar refractivity (Wildman–Crippen MR) is 78.1 cm³/mol. The van der Waals surface area contributed by atoms with Crippen LogP contribution in [-0.4, -0.2) is 19.2 Å². The van der Waals surface area contributed by atoms with Crippen LogP contribution in [0.3, 0.4) is 0 Å². The van der Waals surface area contributed by atoms with Crippen LogP contribution >= 0.6 is 15.9 Å². The number of halogens is 1. The van der Waals surface area contributed by atoms with Crippen LogP contribution in [0.25, 0.3) is 0 Å². The number of hydrogen-bond donors (Lipinski definition) is 1. The van der Waals surface area contributed by atoms with E-state index in [1.54, 1.807) is 6.07 Å². The molecule has 1 aromatic carbocycles. The summed E-state index contributed by atoms with van der Waals surface area (Å²) in [6, 6.07) is 5.37. The van der Waals surface area contributed by atoms with Gasteiger partial charge in [0.2, 0.25) is 0 Å². The normalized spacial score (nSPS) is 12.0. The van der Waals surface area contributed by atoms with Gasteiger partial charge in [0.15, 0.2) is 6.61 Å². The molecule has 0 aliphatic heterocycles. The minimum absolute atomic E-state index is 0.0922. The summed E-state index contributed by atoms with van der Waals surface area (Å²) in [6.45, 7) is 4.26. The Labute approximate surface area is 122 Å². The number of ether oxygens (including phenoxy) is 2. The zero-order valence-corrected chi connectivity index (χ0v) is 12.9. The van der Waals surface area contributed by atoms with Crippen LogP contribution in [0.1, 0.15) is 38.3 Å². The van der Waals surface area contributed by atoms with Gasteiger partial charge in [0.1, 0.15) is 5.75 Å². The molecule has 106 valence electrons. The average molecular weight is 330 g/mol. The maximum Gasteiger partial charge on any atom is 0.344 e. The van der Waals surface area contributed by atoms with E-state index in [0.29, 0.717) is 12.4 Å². The third-order valence-electron chi connectivity index (χ3n) is 2.57. The maximum atomic E-state index is 11.5. The van der Waals surface area contributed by atoms with Crippen molar-refractivity contribution in [3.63, 3.8) is 0 Å². The minimum Gasteiger partial charge on any atom is -0.482 e. The van der Waals surface area contributed by atoms with Crippen molar-refractivity contribution in [2.75, 3.05) is 13.2 Å². The molecule has 0 fully saturated rings. The SMILES string of the molecule is CCCCOC(=O)COc1ccc(Br)cc1[C@H](C)N. The van der Waals surface area contributed by atoms with Gasteiger partial charge in [-0.2, -0.15) is 0 Å². The highest BCUT2D eigenvalue weighted by atomic mass is 79.9. The van der Waals surface area contributed by atoms with Gasteiger partial charge in [-0.25, -0.2) is 4.79 Å². The van der Waals surface area contributed by atoms with Gasteiger partial charge >= 0.3 is 5.97 Å². The van der Waals surface area contributed by atoms with Crippen molar-refractivity contribution in [1.29, 1.82) is 0 Å². The second kappa shape index (κ2) is 8.17. The van der Waals surface area contributed by atoms with Gasteiger partial charge in [-0.15, -0.1) is 0 Å². The zero-order valence-electron chi connectivity index (χ0n) is 11.3. The van der Waals surface area contributed by atoms with E-state index in [2.05, 4.69) is 15.9 Å². The molecule has 2 N–H and O–H groups in total. The van der Waals surface area contributed by atoms with Gasteiger partial charge in [0, 0.05) is 16.1 Å². The highest BCUT2D eigenvalue weighted by Crippen LogP contribution is 2.27. The molecule has 0 aromatic heterocycles. The van der Waals surface area contributed by atoms with Crippen molar-refractivity contribution in [2.45, 2.75) is 32.7 Å². The van der Waals surface area contributed by atoms with Gasteiger partial charge in [-0.3, -0.25) is 0 Å². The zero-order chi connectivity index (χ0) is 14.3. The monoisotopic (exact) mass is 329 g/mol. The number of carbonyl (C=O) groups is 1. The molecule has 0 saturated carbocycles. The van der Waals surface area contributed by atoms with E-state index in [9.17, 15) is 4.79 Å². The predicted octanol–water partition coefficient (Wildman–Crippen LogP) is 3.19. The Morgan fingerprint density at radius 1 is 1.47 bits per heavy atom. The molecule has 0 saturated heterocycles. The van der Waals surface area contributed by atoms with Crippen molar-refractivity contribution in [2.24, 2.45) is 5.73 Å². The summed E-state index contributed by atoms with van der Waals surface area (Å²) in [5.41, 5.74) is 6.73. The molecule has 1 atom stereocenters. The second-order valence-electron chi connectivity index (χ2n) is 4.33. The molecular weight excluding hydrogens is 310 g/mol. The third-order valence-corrected chi connectivity index (χ3v) is 3.06. The van der Waals surface area contributed by atoms with Crippen molar-refractivity contribution < 1.29 is 14.3 Å². The number of esters is 1. The molecule has 1 aromatic rings. The van der Waals surface area contributed by atoms with E-state index in [4.69, 9.17) is 15.2 Å². The Hall–Kier alpha value is -1.07. The van der Waals surface area contributed by atoms with E-state index in [1.807, 2.05) is 26.0 Å². The van der Waals surface area contributed by atoms with Crippen LogP contribution in [0, 0.1) is 0 Å². The van der Waals surface area contributed by atoms with E-state index in [0.717, 1.165) is 22.9 Å². The quantitative estimate of drug-likeness (QED) is 0.616. The number of nitrogens with two attached hydrogens (primary N) is 1. The van der Waals surface area contributed by atoms with Gasteiger partial charge in [0.25, 0.3) is 0 Å². The summed E-state index contributed by atoms with van der Waals surface area (Å²) in [5.74, 6) is 0.262. The molecule has 0 bridgehead atoms. The first-order chi connectivity index (χ1) is 9.04. The smallest absolute Gasteiger partial charge is 0.344 e. The van der Waals surface area contributed by atoms with Crippen molar-refractivity contribution in [3.05, 3.63) is 28.2 Å². The number of rotatable bonds is 7. The molecule has 0 aliphatic rings. The van der Waals surface area contributed by atoms with Gasteiger partial charge < -0.3 is 15.2 Å². The first-order valence-electron chi connectivity index (χ1n) is 6.38. The van der Waals surface area contributed by atoms with E-state index in [1.165, 1.54) is 0 Å². The molecule has 0 spiro atoms. The van der Waals surface area contributed by atoms with Crippen LogP contribution in [0.5, 0.6) is 5.75 Å².